The molecule has 25 heavy (non-hydrogen) atoms. The number of hydrogen-bond acceptors (Lipinski definition) is 5. The van der Waals surface area contributed by atoms with Crippen LogP contribution in [0.25, 0.3) is 0 Å². The summed E-state index contributed by atoms with van der Waals surface area (Å²) in [6, 6.07) is 7.35. The summed E-state index contributed by atoms with van der Waals surface area (Å²) in [5, 5.41) is 13.9. The van der Waals surface area contributed by atoms with Crippen molar-refractivity contribution >= 4 is 11.4 Å². The summed E-state index contributed by atoms with van der Waals surface area (Å²) in [5.74, 6) is 1.07. The molecule has 0 aromatic heterocycles. The number of rotatable bonds is 6. The van der Waals surface area contributed by atoms with Crippen molar-refractivity contribution in [1.82, 2.24) is 0 Å². The lowest BCUT2D eigenvalue weighted by molar-refractivity contribution is -0.384. The van der Waals surface area contributed by atoms with Gasteiger partial charge in [0.05, 0.1) is 24.7 Å². The average molecular weight is 356 g/mol. The molecule has 0 aliphatic heterocycles. The van der Waals surface area contributed by atoms with Gasteiger partial charge in [0.1, 0.15) is 17.2 Å². The Labute approximate surface area is 141 Å². The number of alkyl halides is 3. The molecule has 0 unspecified atom stereocenters. The largest absolute Gasteiger partial charge is 0.497 e. The number of nitrogens with zero attached hydrogens (tertiary/aromatic N) is 1. The smallest absolute Gasteiger partial charge is 0.416 e. The first-order valence-corrected chi connectivity index (χ1v) is 7.06. The summed E-state index contributed by atoms with van der Waals surface area (Å²) in [6.07, 6.45) is -4.65. The minimum Gasteiger partial charge on any atom is -0.497 e. The highest BCUT2D eigenvalue weighted by Gasteiger charge is 2.33. The Hall–Kier alpha value is -2.97. The van der Waals surface area contributed by atoms with Gasteiger partial charge in [-0.3, -0.25) is 10.1 Å². The van der Waals surface area contributed by atoms with E-state index in [-0.39, 0.29) is 12.2 Å². The van der Waals surface area contributed by atoms with Gasteiger partial charge in [-0.05, 0) is 30.3 Å². The number of nitrogens with one attached hydrogen (secondary N) is 1. The Kier molecular flexibility index (Phi) is 5.35. The predicted octanol–water partition coefficient (Wildman–Crippen LogP) is 4.24. The second-order valence-corrected chi connectivity index (χ2v) is 5.02. The fraction of sp³-hybridized carbons (Fsp3) is 0.250. The van der Waals surface area contributed by atoms with E-state index in [1.165, 1.54) is 14.2 Å². The number of halogens is 3. The maximum absolute atomic E-state index is 12.7. The van der Waals surface area contributed by atoms with E-state index < -0.39 is 22.4 Å². The zero-order valence-corrected chi connectivity index (χ0v) is 13.4. The van der Waals surface area contributed by atoms with Crippen molar-refractivity contribution in [2.24, 2.45) is 0 Å². The molecule has 2 aromatic carbocycles. The first-order chi connectivity index (χ1) is 11.8. The van der Waals surface area contributed by atoms with Crippen molar-refractivity contribution in [3.8, 4) is 11.5 Å². The van der Waals surface area contributed by atoms with Crippen LogP contribution in [0.3, 0.4) is 0 Å². The summed E-state index contributed by atoms with van der Waals surface area (Å²) >= 11 is 0. The van der Waals surface area contributed by atoms with Crippen LogP contribution in [-0.4, -0.2) is 19.1 Å². The van der Waals surface area contributed by atoms with Gasteiger partial charge in [-0.1, -0.05) is 0 Å². The molecule has 1 N–H and O–H groups in total. The minimum absolute atomic E-state index is 0.0251. The van der Waals surface area contributed by atoms with Crippen LogP contribution in [0.5, 0.6) is 11.5 Å². The van der Waals surface area contributed by atoms with Crippen LogP contribution in [0.2, 0.25) is 0 Å². The highest BCUT2D eigenvalue weighted by molar-refractivity contribution is 5.63. The van der Waals surface area contributed by atoms with E-state index in [2.05, 4.69) is 5.32 Å². The molecule has 0 saturated carbocycles. The van der Waals surface area contributed by atoms with Gasteiger partial charge in [0.25, 0.3) is 5.69 Å². The van der Waals surface area contributed by atoms with Crippen molar-refractivity contribution in [3.63, 3.8) is 0 Å². The lowest BCUT2D eigenvalue weighted by atomic mass is 10.1. The first kappa shape index (κ1) is 18.4. The second-order valence-electron chi connectivity index (χ2n) is 5.02. The van der Waals surface area contributed by atoms with E-state index >= 15 is 0 Å². The van der Waals surface area contributed by atoms with E-state index in [4.69, 9.17) is 9.47 Å². The monoisotopic (exact) mass is 356 g/mol. The third-order valence-electron chi connectivity index (χ3n) is 3.48. The van der Waals surface area contributed by atoms with Crippen LogP contribution in [-0.2, 0) is 12.7 Å². The summed E-state index contributed by atoms with van der Waals surface area (Å²) in [4.78, 5) is 10.2. The van der Waals surface area contributed by atoms with Gasteiger partial charge in [-0.2, -0.15) is 13.2 Å². The molecule has 0 heterocycles. The molecule has 2 aromatic rings. The average Bonchev–Trinajstić information content (AvgIpc) is 2.58. The Bertz CT molecular complexity index is 778. The van der Waals surface area contributed by atoms with Gasteiger partial charge in [-0.25, -0.2) is 0 Å². The number of nitro groups is 1. The molecule has 0 spiro atoms. The Balaban J connectivity index is 2.30. The molecule has 0 radical (unpaired) electrons. The van der Waals surface area contributed by atoms with Crippen molar-refractivity contribution < 1.29 is 27.6 Å². The van der Waals surface area contributed by atoms with Crippen molar-refractivity contribution in [3.05, 3.63) is 57.6 Å². The number of nitro benzene ring substituents is 1. The van der Waals surface area contributed by atoms with Crippen molar-refractivity contribution in [2.45, 2.75) is 12.7 Å². The normalized spacial score (nSPS) is 11.1. The van der Waals surface area contributed by atoms with E-state index in [1.807, 2.05) is 0 Å². The van der Waals surface area contributed by atoms with Gasteiger partial charge in [0.2, 0.25) is 0 Å². The highest BCUT2D eigenvalue weighted by Crippen LogP contribution is 2.35. The van der Waals surface area contributed by atoms with Crippen LogP contribution in [0.4, 0.5) is 24.5 Å². The first-order valence-electron chi connectivity index (χ1n) is 7.06. The van der Waals surface area contributed by atoms with Gasteiger partial charge in [0, 0.05) is 18.2 Å². The summed E-state index contributed by atoms with van der Waals surface area (Å²) < 4.78 is 48.5. The third kappa shape index (κ3) is 4.31. The molecule has 0 fully saturated rings. The number of ether oxygens (including phenoxy) is 2. The molecule has 9 heteroatoms. The molecule has 0 atom stereocenters. The Morgan fingerprint density at radius 1 is 1.12 bits per heavy atom. The molecule has 0 saturated heterocycles. The molecule has 0 amide bonds. The second kappa shape index (κ2) is 7.29. The minimum atomic E-state index is -4.65. The van der Waals surface area contributed by atoms with Gasteiger partial charge in [0.15, 0.2) is 0 Å². The van der Waals surface area contributed by atoms with Crippen molar-refractivity contribution in [2.75, 3.05) is 19.5 Å². The van der Waals surface area contributed by atoms with E-state index in [9.17, 15) is 23.3 Å². The maximum Gasteiger partial charge on any atom is 0.416 e. The van der Waals surface area contributed by atoms with Crippen LogP contribution >= 0.6 is 0 Å². The zero-order chi connectivity index (χ0) is 18.6. The SMILES string of the molecule is COc1ccc(OC)c(CNc2ccc(C(F)(F)F)cc2[N+](=O)[O-])c1. The molecule has 134 valence electrons. The molecule has 6 nitrogen and oxygen atoms in total. The molecule has 0 bridgehead atoms. The maximum atomic E-state index is 12.7. The Morgan fingerprint density at radius 2 is 1.84 bits per heavy atom. The number of methoxy groups -OCH3 is 2. The van der Waals surface area contributed by atoms with E-state index in [0.717, 1.165) is 12.1 Å². The third-order valence-corrected chi connectivity index (χ3v) is 3.48. The van der Waals surface area contributed by atoms with E-state index in [1.54, 1.807) is 18.2 Å². The van der Waals surface area contributed by atoms with Crippen LogP contribution in [0, 0.1) is 10.1 Å². The lowest BCUT2D eigenvalue weighted by Crippen LogP contribution is -2.08. The summed E-state index contributed by atoms with van der Waals surface area (Å²) in [7, 11) is 2.95. The Morgan fingerprint density at radius 3 is 2.40 bits per heavy atom. The van der Waals surface area contributed by atoms with Crippen LogP contribution in [0.1, 0.15) is 11.1 Å². The zero-order valence-electron chi connectivity index (χ0n) is 13.4. The van der Waals surface area contributed by atoms with Gasteiger partial charge >= 0.3 is 6.18 Å². The summed E-state index contributed by atoms with van der Waals surface area (Å²) in [6.45, 7) is 0.104. The van der Waals surface area contributed by atoms with Crippen LogP contribution in [0.15, 0.2) is 36.4 Å². The number of hydrogen-bond donors (Lipinski definition) is 1. The fourth-order valence-electron chi connectivity index (χ4n) is 2.22. The fourth-order valence-corrected chi connectivity index (χ4v) is 2.22. The predicted molar refractivity (Wildman–Crippen MR) is 85.0 cm³/mol. The van der Waals surface area contributed by atoms with Gasteiger partial charge < -0.3 is 14.8 Å². The molecular weight excluding hydrogens is 341 g/mol. The molecular formula is C16H15F3N2O4. The quantitative estimate of drug-likeness (QED) is 0.619. The lowest BCUT2D eigenvalue weighted by Gasteiger charge is -2.13. The standard InChI is InChI=1S/C16H15F3N2O4/c1-24-12-4-6-15(25-2)10(7-12)9-20-13-5-3-11(16(17,18)19)8-14(13)21(22)23/h3-8,20H,9H2,1-2H3. The van der Waals surface area contributed by atoms with Crippen LogP contribution < -0.4 is 14.8 Å². The van der Waals surface area contributed by atoms with Gasteiger partial charge in [-0.15, -0.1) is 0 Å². The molecule has 0 aliphatic carbocycles. The summed E-state index contributed by atoms with van der Waals surface area (Å²) in [5.41, 5.74) is -1.13. The molecule has 2 rings (SSSR count). The van der Waals surface area contributed by atoms with E-state index in [0.29, 0.717) is 23.1 Å². The topological polar surface area (TPSA) is 73.6 Å². The number of anilines is 1. The number of benzene rings is 2. The molecule has 0 aliphatic rings. The highest BCUT2D eigenvalue weighted by atomic mass is 19.4. The van der Waals surface area contributed by atoms with Crippen molar-refractivity contribution in [1.29, 1.82) is 0 Å².